The van der Waals surface area contributed by atoms with Gasteiger partial charge in [-0.15, -0.1) is 0 Å². The van der Waals surface area contributed by atoms with Crippen LogP contribution in [0.3, 0.4) is 0 Å². The van der Waals surface area contributed by atoms with Crippen LogP contribution >= 0.6 is 0 Å². The smallest absolute Gasteiger partial charge is 0.116 e. The first-order chi connectivity index (χ1) is 8.04. The van der Waals surface area contributed by atoms with Crippen LogP contribution in [-0.2, 0) is 4.74 Å². The molecule has 1 aliphatic rings. The average Bonchev–Trinajstić information content (AvgIpc) is 2.55. The fourth-order valence-corrected chi connectivity index (χ4v) is 2.06. The van der Waals surface area contributed by atoms with E-state index in [1.54, 1.807) is 0 Å². The Morgan fingerprint density at radius 3 is 2.41 bits per heavy atom. The Hall–Kier alpha value is -1.44. The van der Waals surface area contributed by atoms with Crippen LogP contribution in [-0.4, -0.2) is 12.1 Å². The predicted octanol–water partition coefficient (Wildman–Crippen LogP) is 3.82. The molecule has 0 saturated heterocycles. The second kappa shape index (κ2) is 4.44. The number of anilines is 1. The molecule has 0 saturated carbocycles. The number of benzene rings is 1. The second-order valence-corrected chi connectivity index (χ2v) is 5.42. The number of nitrogens with one attached hydrogen (secondary N) is 1. The highest BCUT2D eigenvalue weighted by Gasteiger charge is 2.43. The van der Waals surface area contributed by atoms with Gasteiger partial charge in [0.1, 0.15) is 5.60 Å². The van der Waals surface area contributed by atoms with E-state index in [-0.39, 0.29) is 11.0 Å². The van der Waals surface area contributed by atoms with Crippen molar-refractivity contribution in [2.45, 2.75) is 32.8 Å². The zero-order chi connectivity index (χ0) is 12.4. The van der Waals surface area contributed by atoms with Crippen molar-refractivity contribution in [1.29, 1.82) is 0 Å². The van der Waals surface area contributed by atoms with Gasteiger partial charge in [-0.05, 0) is 25.1 Å². The van der Waals surface area contributed by atoms with Gasteiger partial charge in [0.25, 0.3) is 0 Å². The Morgan fingerprint density at radius 2 is 1.82 bits per heavy atom. The fourth-order valence-electron chi connectivity index (χ4n) is 2.06. The molecule has 92 valence electrons. The van der Waals surface area contributed by atoms with Crippen LogP contribution in [0.15, 0.2) is 42.7 Å². The topological polar surface area (TPSA) is 21.3 Å². The normalized spacial score (nSPS) is 25.6. The third-order valence-electron chi connectivity index (χ3n) is 3.88. The lowest BCUT2D eigenvalue weighted by Gasteiger charge is -2.36. The standard InChI is InChI=1S/C15H21NO/c1-14(2)10-12-17-15(14,3)9-11-16-13-7-5-4-6-8-13/h4-8,10,12,16H,9,11H2,1-3H3. The summed E-state index contributed by atoms with van der Waals surface area (Å²) in [6.45, 7) is 7.54. The minimum atomic E-state index is -0.102. The molecule has 0 radical (unpaired) electrons. The zero-order valence-electron chi connectivity index (χ0n) is 10.9. The van der Waals surface area contributed by atoms with Crippen LogP contribution in [0.5, 0.6) is 0 Å². The molecule has 1 N–H and O–H groups in total. The van der Waals surface area contributed by atoms with Crippen LogP contribution in [0.4, 0.5) is 5.69 Å². The Morgan fingerprint density at radius 1 is 1.12 bits per heavy atom. The van der Waals surface area contributed by atoms with Crippen LogP contribution in [0.2, 0.25) is 0 Å². The highest BCUT2D eigenvalue weighted by atomic mass is 16.5. The molecule has 1 heterocycles. The van der Waals surface area contributed by atoms with E-state index in [9.17, 15) is 0 Å². The van der Waals surface area contributed by atoms with E-state index in [2.05, 4.69) is 44.3 Å². The molecule has 1 aliphatic heterocycles. The number of hydrogen-bond donors (Lipinski definition) is 1. The molecular weight excluding hydrogens is 210 g/mol. The van der Waals surface area contributed by atoms with Crippen LogP contribution in [0, 0.1) is 5.41 Å². The van der Waals surface area contributed by atoms with E-state index < -0.39 is 0 Å². The van der Waals surface area contributed by atoms with Crippen LogP contribution in [0.1, 0.15) is 27.2 Å². The number of rotatable bonds is 4. The number of hydrogen-bond acceptors (Lipinski definition) is 2. The summed E-state index contributed by atoms with van der Waals surface area (Å²) in [7, 11) is 0. The molecule has 1 unspecified atom stereocenters. The molecule has 2 rings (SSSR count). The minimum Gasteiger partial charge on any atom is -0.495 e. The largest absolute Gasteiger partial charge is 0.495 e. The van der Waals surface area contributed by atoms with Gasteiger partial charge >= 0.3 is 0 Å². The van der Waals surface area contributed by atoms with Gasteiger partial charge in [0.2, 0.25) is 0 Å². The molecule has 17 heavy (non-hydrogen) atoms. The third-order valence-corrected chi connectivity index (χ3v) is 3.88. The van der Waals surface area contributed by atoms with E-state index in [0.29, 0.717) is 0 Å². The first kappa shape index (κ1) is 12.0. The highest BCUT2D eigenvalue weighted by molar-refractivity contribution is 5.42. The van der Waals surface area contributed by atoms with E-state index in [0.717, 1.165) is 13.0 Å². The maximum absolute atomic E-state index is 5.77. The van der Waals surface area contributed by atoms with Crippen molar-refractivity contribution in [2.75, 3.05) is 11.9 Å². The van der Waals surface area contributed by atoms with Crippen molar-refractivity contribution in [3.8, 4) is 0 Å². The summed E-state index contributed by atoms with van der Waals surface area (Å²) in [5, 5.41) is 3.43. The average molecular weight is 231 g/mol. The van der Waals surface area contributed by atoms with Crippen LogP contribution in [0.25, 0.3) is 0 Å². The Kier molecular flexibility index (Phi) is 3.14. The van der Waals surface area contributed by atoms with Crippen molar-refractivity contribution < 1.29 is 4.74 Å². The molecule has 0 spiro atoms. The molecule has 0 amide bonds. The lowest BCUT2D eigenvalue weighted by molar-refractivity contribution is -0.0148. The van der Waals surface area contributed by atoms with Crippen molar-refractivity contribution in [2.24, 2.45) is 5.41 Å². The van der Waals surface area contributed by atoms with Crippen molar-refractivity contribution in [1.82, 2.24) is 0 Å². The van der Waals surface area contributed by atoms with Gasteiger partial charge in [0.15, 0.2) is 0 Å². The summed E-state index contributed by atoms with van der Waals surface area (Å²) in [4.78, 5) is 0. The summed E-state index contributed by atoms with van der Waals surface area (Å²) < 4.78 is 5.77. The van der Waals surface area contributed by atoms with E-state index in [1.165, 1.54) is 5.69 Å². The first-order valence-electron chi connectivity index (χ1n) is 6.18. The highest BCUT2D eigenvalue weighted by Crippen LogP contribution is 2.42. The van der Waals surface area contributed by atoms with E-state index in [1.807, 2.05) is 24.5 Å². The zero-order valence-corrected chi connectivity index (χ0v) is 10.9. The number of para-hydroxylation sites is 1. The molecule has 1 atom stereocenters. The SMILES string of the molecule is CC1(C)C=COC1(C)CCNc1ccccc1. The monoisotopic (exact) mass is 231 g/mol. The predicted molar refractivity (Wildman–Crippen MR) is 72.0 cm³/mol. The minimum absolute atomic E-state index is 0.102. The quantitative estimate of drug-likeness (QED) is 0.850. The summed E-state index contributed by atoms with van der Waals surface area (Å²) in [6, 6.07) is 10.3. The molecule has 0 aliphatic carbocycles. The molecule has 0 bridgehead atoms. The van der Waals surface area contributed by atoms with Crippen LogP contribution < -0.4 is 5.32 Å². The molecule has 0 fully saturated rings. The Labute approximate surface area is 104 Å². The Balaban J connectivity index is 1.87. The van der Waals surface area contributed by atoms with E-state index in [4.69, 9.17) is 4.74 Å². The first-order valence-corrected chi connectivity index (χ1v) is 6.18. The summed E-state index contributed by atoms with van der Waals surface area (Å²) in [5.74, 6) is 0. The maximum Gasteiger partial charge on any atom is 0.116 e. The van der Waals surface area contributed by atoms with Gasteiger partial charge in [-0.2, -0.15) is 0 Å². The summed E-state index contributed by atoms with van der Waals surface area (Å²) >= 11 is 0. The lowest BCUT2D eigenvalue weighted by Crippen LogP contribution is -2.40. The molecule has 1 aromatic rings. The van der Waals surface area contributed by atoms with Gasteiger partial charge < -0.3 is 10.1 Å². The lowest BCUT2D eigenvalue weighted by atomic mass is 9.75. The molecule has 1 aromatic carbocycles. The maximum atomic E-state index is 5.77. The van der Waals surface area contributed by atoms with Crippen molar-refractivity contribution in [3.63, 3.8) is 0 Å². The van der Waals surface area contributed by atoms with Gasteiger partial charge in [-0.25, -0.2) is 0 Å². The molecule has 2 nitrogen and oxygen atoms in total. The molecule has 2 heteroatoms. The van der Waals surface area contributed by atoms with Crippen molar-refractivity contribution in [3.05, 3.63) is 42.7 Å². The third kappa shape index (κ3) is 2.46. The number of ether oxygens (including phenoxy) is 1. The second-order valence-electron chi connectivity index (χ2n) is 5.42. The van der Waals surface area contributed by atoms with Gasteiger partial charge in [-0.3, -0.25) is 0 Å². The molecule has 0 aromatic heterocycles. The Bertz CT molecular complexity index is 397. The van der Waals surface area contributed by atoms with Gasteiger partial charge in [-0.1, -0.05) is 32.0 Å². The fraction of sp³-hybridized carbons (Fsp3) is 0.467. The summed E-state index contributed by atoms with van der Waals surface area (Å²) in [6.07, 6.45) is 4.97. The van der Waals surface area contributed by atoms with Gasteiger partial charge in [0.05, 0.1) is 6.26 Å². The molecular formula is C15H21NO. The van der Waals surface area contributed by atoms with E-state index >= 15 is 0 Å². The van der Waals surface area contributed by atoms with Crippen molar-refractivity contribution >= 4 is 5.69 Å². The summed E-state index contributed by atoms with van der Waals surface area (Å²) in [5.41, 5.74) is 1.17. The van der Waals surface area contributed by atoms with Gasteiger partial charge in [0, 0.05) is 24.1 Å².